The molecular weight excluding hydrogens is 883 g/mol. The number of thiol groups is 1. The van der Waals surface area contributed by atoms with Gasteiger partial charge in [0, 0.05) is 12.2 Å². The Balaban J connectivity index is 3.04. The second kappa shape index (κ2) is 29.6. The molecule has 12 N–H and O–H groups in total. The van der Waals surface area contributed by atoms with E-state index >= 15 is 0 Å². The Morgan fingerprint density at radius 2 is 1.15 bits per heavy atom. The van der Waals surface area contributed by atoms with Crippen molar-refractivity contribution in [3.8, 4) is 0 Å². The molecule has 0 aromatic heterocycles. The summed E-state index contributed by atoms with van der Waals surface area (Å²) in [6.45, 7) is 12.7. The van der Waals surface area contributed by atoms with E-state index in [0.717, 1.165) is 0 Å². The molecule has 0 aliphatic heterocycles. The van der Waals surface area contributed by atoms with Gasteiger partial charge in [-0.1, -0.05) is 71.9 Å². The maximum Gasteiger partial charge on any atom is 0.326 e. The Morgan fingerprint density at radius 1 is 0.631 bits per heavy atom. The van der Waals surface area contributed by atoms with E-state index in [1.807, 2.05) is 27.7 Å². The number of rotatable bonds is 29. The van der Waals surface area contributed by atoms with Crippen LogP contribution in [0.25, 0.3) is 0 Å². The molecule has 20 nitrogen and oxygen atoms in total. The zero-order valence-electron chi connectivity index (χ0n) is 38.8. The molecule has 0 spiro atoms. The molecule has 0 saturated heterocycles. The van der Waals surface area contributed by atoms with Gasteiger partial charge in [0.25, 0.3) is 0 Å². The van der Waals surface area contributed by atoms with E-state index in [4.69, 9.17) is 5.73 Å². The Labute approximate surface area is 391 Å². The maximum absolute atomic E-state index is 13.8. The first kappa shape index (κ1) is 58.1. The van der Waals surface area contributed by atoms with Crippen LogP contribution in [0.15, 0.2) is 30.3 Å². The largest absolute Gasteiger partial charge is 0.480 e. The van der Waals surface area contributed by atoms with Crippen molar-refractivity contribution in [1.29, 1.82) is 0 Å². The number of hydrogen-bond acceptors (Lipinski definition) is 13. The monoisotopic (exact) mass is 953 g/mol. The molecule has 0 radical (unpaired) electrons. The van der Waals surface area contributed by atoms with Crippen molar-refractivity contribution >= 4 is 77.6 Å². The van der Waals surface area contributed by atoms with Gasteiger partial charge in [0.1, 0.15) is 42.3 Å². The minimum Gasteiger partial charge on any atom is -0.480 e. The fraction of sp³-hybridized carbons (Fsp3) is 0.651. The van der Waals surface area contributed by atoms with Gasteiger partial charge in [0.05, 0.1) is 18.7 Å². The molecular formula is C43H71N9O11S2. The van der Waals surface area contributed by atoms with Crippen LogP contribution in [-0.2, 0) is 49.6 Å². The van der Waals surface area contributed by atoms with Crippen molar-refractivity contribution in [1.82, 2.24) is 42.5 Å². The second-order valence-electron chi connectivity index (χ2n) is 17.1. The third kappa shape index (κ3) is 21.7. The number of aliphatic hydroxyl groups is 1. The van der Waals surface area contributed by atoms with Crippen LogP contribution in [0.4, 0.5) is 0 Å². The van der Waals surface area contributed by atoms with Gasteiger partial charge >= 0.3 is 5.97 Å². The minimum atomic E-state index is -1.63. The third-order valence-electron chi connectivity index (χ3n) is 9.86. The lowest BCUT2D eigenvalue weighted by molar-refractivity contribution is -0.143. The molecule has 0 heterocycles. The first-order valence-electron chi connectivity index (χ1n) is 21.6. The quantitative estimate of drug-likeness (QED) is 0.0429. The number of aliphatic carboxylic acids is 1. The summed E-state index contributed by atoms with van der Waals surface area (Å²) in [6.07, 6.45) is 1.05. The number of carbonyl (C=O) groups excluding carboxylic acids is 8. The Kier molecular flexibility index (Phi) is 26.4. The molecule has 9 atom stereocenters. The molecule has 1 aromatic carbocycles. The predicted molar refractivity (Wildman–Crippen MR) is 250 cm³/mol. The zero-order chi connectivity index (χ0) is 49.6. The predicted octanol–water partition coefficient (Wildman–Crippen LogP) is -1.02. The number of carboxylic acid groups (broad SMARTS) is 1. The van der Waals surface area contributed by atoms with Gasteiger partial charge in [0.15, 0.2) is 0 Å². The van der Waals surface area contributed by atoms with Gasteiger partial charge < -0.3 is 58.5 Å². The van der Waals surface area contributed by atoms with Crippen LogP contribution in [0, 0.1) is 17.8 Å². The fourth-order valence-electron chi connectivity index (χ4n) is 6.26. The first-order chi connectivity index (χ1) is 30.4. The first-order valence-corrected chi connectivity index (χ1v) is 23.6. The molecule has 0 saturated carbocycles. The number of hydrogen-bond donors (Lipinski definition) is 12. The molecule has 1 aromatic rings. The molecule has 8 amide bonds. The van der Waals surface area contributed by atoms with E-state index in [2.05, 4.69) is 55.2 Å². The molecule has 366 valence electrons. The van der Waals surface area contributed by atoms with Crippen molar-refractivity contribution in [3.05, 3.63) is 35.9 Å². The standard InChI is InChI=1S/C43H71N9O11S2/c1-22(2)17-28(44)37(56)48-30(18-23(3)4)38(57)45-20-33(54)46-25(7)36(55)52-35(26(8)53)42(61)50-32(21-64)41(60)47-29(15-16-65-9)39(58)49-31(19-27-13-11-10-12-14-27)40(59)51-34(24(5)6)43(62)63/h10-14,22-26,28-32,34-35,53,64H,15-21,44H2,1-9H3,(H,45,57)(H,46,54)(H,47,60)(H,48,56)(H,49,58)(H,50,61)(H,51,59)(H,52,55)(H,62,63)/t25-,26+,28-,29-,30-,31-,32-,34-,35-/m0/s1. The van der Waals surface area contributed by atoms with E-state index in [-0.39, 0.29) is 36.9 Å². The highest BCUT2D eigenvalue weighted by molar-refractivity contribution is 7.98. The number of amides is 8. The third-order valence-corrected chi connectivity index (χ3v) is 10.9. The average Bonchev–Trinajstić information content (AvgIpc) is 3.22. The Morgan fingerprint density at radius 3 is 1.68 bits per heavy atom. The van der Waals surface area contributed by atoms with E-state index in [9.17, 15) is 53.4 Å². The molecule has 0 fully saturated rings. The summed E-state index contributed by atoms with van der Waals surface area (Å²) in [7, 11) is 0. The van der Waals surface area contributed by atoms with Crippen LogP contribution in [0.2, 0.25) is 0 Å². The number of carboxylic acids is 1. The van der Waals surface area contributed by atoms with Gasteiger partial charge in [-0.05, 0) is 68.4 Å². The van der Waals surface area contributed by atoms with Gasteiger partial charge in [0.2, 0.25) is 47.3 Å². The summed E-state index contributed by atoms with van der Waals surface area (Å²) in [5.41, 5.74) is 6.65. The molecule has 0 bridgehead atoms. The number of aliphatic hydroxyl groups excluding tert-OH is 1. The van der Waals surface area contributed by atoms with E-state index < -0.39 is 120 Å². The van der Waals surface area contributed by atoms with Gasteiger partial charge in [-0.2, -0.15) is 24.4 Å². The highest BCUT2D eigenvalue weighted by Gasteiger charge is 2.35. The Bertz CT molecular complexity index is 1750. The maximum atomic E-state index is 13.8. The number of nitrogens with one attached hydrogen (secondary N) is 8. The highest BCUT2D eigenvalue weighted by Crippen LogP contribution is 2.11. The van der Waals surface area contributed by atoms with Crippen LogP contribution < -0.4 is 48.3 Å². The lowest BCUT2D eigenvalue weighted by atomic mass is 10.0. The second-order valence-corrected chi connectivity index (χ2v) is 18.4. The molecule has 65 heavy (non-hydrogen) atoms. The summed E-state index contributed by atoms with van der Waals surface area (Å²) >= 11 is 5.58. The van der Waals surface area contributed by atoms with E-state index in [1.54, 1.807) is 50.4 Å². The van der Waals surface area contributed by atoms with Crippen molar-refractivity contribution in [2.75, 3.05) is 24.3 Å². The zero-order valence-corrected chi connectivity index (χ0v) is 40.5. The lowest BCUT2D eigenvalue weighted by Crippen LogP contribution is -2.61. The van der Waals surface area contributed by atoms with Crippen LogP contribution in [0.5, 0.6) is 0 Å². The van der Waals surface area contributed by atoms with Crippen molar-refractivity contribution in [3.63, 3.8) is 0 Å². The summed E-state index contributed by atoms with van der Waals surface area (Å²) in [5.74, 6) is -7.62. The Hall–Kier alpha value is -4.93. The molecule has 0 aliphatic carbocycles. The molecule has 22 heteroatoms. The summed E-state index contributed by atoms with van der Waals surface area (Å²) in [5, 5.41) is 40.2. The van der Waals surface area contributed by atoms with Crippen LogP contribution in [0.3, 0.4) is 0 Å². The fourth-order valence-corrected chi connectivity index (χ4v) is 6.99. The summed E-state index contributed by atoms with van der Waals surface area (Å²) in [4.78, 5) is 118. The molecule has 0 unspecified atom stereocenters. The van der Waals surface area contributed by atoms with Gasteiger partial charge in [-0.15, -0.1) is 0 Å². The normalized spacial score (nSPS) is 15.4. The lowest BCUT2D eigenvalue weighted by Gasteiger charge is -2.27. The highest BCUT2D eigenvalue weighted by atomic mass is 32.2. The number of nitrogens with two attached hydrogens (primary N) is 1. The SMILES string of the molecule is CSCC[C@H](NC(=O)[C@H](CS)NC(=O)[C@@H](NC(=O)[C@H](C)NC(=O)CNC(=O)[C@H](CC(C)C)NC(=O)[C@@H](N)CC(C)C)[C@@H](C)O)C(=O)N[C@@H](Cc1ccccc1)C(=O)N[C@H](C(=O)O)C(C)C. The number of carbonyl (C=O) groups is 9. The molecule has 0 aliphatic rings. The van der Waals surface area contributed by atoms with Gasteiger partial charge in [-0.3, -0.25) is 38.4 Å². The average molecular weight is 954 g/mol. The van der Waals surface area contributed by atoms with E-state index in [0.29, 0.717) is 17.7 Å². The minimum absolute atomic E-state index is 0.00114. The van der Waals surface area contributed by atoms with Crippen molar-refractivity contribution in [2.24, 2.45) is 23.5 Å². The van der Waals surface area contributed by atoms with E-state index in [1.165, 1.54) is 25.6 Å². The van der Waals surface area contributed by atoms with Gasteiger partial charge in [-0.25, -0.2) is 4.79 Å². The van der Waals surface area contributed by atoms with Crippen LogP contribution in [0.1, 0.15) is 80.2 Å². The van der Waals surface area contributed by atoms with Crippen LogP contribution in [-0.4, -0.2) is 142 Å². The topological polar surface area (TPSA) is 316 Å². The van der Waals surface area contributed by atoms with Crippen LogP contribution >= 0.6 is 24.4 Å². The van der Waals surface area contributed by atoms with Crippen molar-refractivity contribution < 1.29 is 53.4 Å². The summed E-state index contributed by atoms with van der Waals surface area (Å²) in [6, 6.07) is -1.08. The number of thioether (sulfide) groups is 1. The smallest absolute Gasteiger partial charge is 0.326 e. The molecule has 1 rings (SSSR count). The van der Waals surface area contributed by atoms with Crippen molar-refractivity contribution in [2.45, 2.75) is 136 Å². The summed E-state index contributed by atoms with van der Waals surface area (Å²) < 4.78 is 0. The number of benzene rings is 1.